The van der Waals surface area contributed by atoms with Crippen LogP contribution < -0.4 is 0 Å². The van der Waals surface area contributed by atoms with Crippen LogP contribution in [0.3, 0.4) is 0 Å². The second-order valence-corrected chi connectivity index (χ2v) is 10.2. The number of hydrogen-bond acceptors (Lipinski definition) is 2. The first-order valence-electron chi connectivity index (χ1n) is 12.4. The van der Waals surface area contributed by atoms with Crippen molar-refractivity contribution in [3.8, 4) is 22.6 Å². The average Bonchev–Trinajstić information content (AvgIpc) is 2.95. The maximum atomic E-state index is 14.6. The fraction of sp³-hybridized carbons (Fsp3) is 0.286. The Morgan fingerprint density at radius 2 is 0.646 bits per heavy atom. The van der Waals surface area contributed by atoms with E-state index in [-0.39, 0.29) is 24.3 Å². The molecule has 0 fully saturated rings. The summed E-state index contributed by atoms with van der Waals surface area (Å²) in [4.78, 5) is 0. The van der Waals surface area contributed by atoms with Crippen LogP contribution in [0.1, 0.15) is 11.1 Å². The second-order valence-electron chi connectivity index (χ2n) is 10.2. The number of phenols is 2. The molecule has 0 spiro atoms. The molecule has 0 aliphatic carbocycles. The summed E-state index contributed by atoms with van der Waals surface area (Å²) in [6.45, 7) is 0. The zero-order valence-electron chi connectivity index (χ0n) is 22.5. The van der Waals surface area contributed by atoms with Crippen LogP contribution in [0.4, 0.5) is 79.0 Å². The molecule has 262 valence electrons. The summed E-state index contributed by atoms with van der Waals surface area (Å²) in [7, 11) is 0. The van der Waals surface area contributed by atoms with Crippen LogP contribution in [-0.2, 0) is 11.8 Å². The molecule has 0 atom stereocenters. The van der Waals surface area contributed by atoms with Gasteiger partial charge < -0.3 is 10.2 Å². The molecule has 0 bridgehead atoms. The van der Waals surface area contributed by atoms with Crippen molar-refractivity contribution in [2.45, 2.75) is 47.9 Å². The molecule has 0 amide bonds. The molecule has 4 aromatic carbocycles. The van der Waals surface area contributed by atoms with E-state index >= 15 is 0 Å². The second kappa shape index (κ2) is 10.6. The van der Waals surface area contributed by atoms with E-state index in [9.17, 15) is 89.2 Å². The molecule has 48 heavy (non-hydrogen) atoms. The number of fused-ring (bicyclic) bond motifs is 2. The third kappa shape index (κ3) is 5.00. The van der Waals surface area contributed by atoms with Crippen molar-refractivity contribution in [1.29, 1.82) is 0 Å². The molecule has 20 heteroatoms. The molecule has 2 N–H and O–H groups in total. The van der Waals surface area contributed by atoms with Gasteiger partial charge in [-0.2, -0.15) is 79.0 Å². The van der Waals surface area contributed by atoms with Crippen LogP contribution in [0.5, 0.6) is 11.5 Å². The summed E-state index contributed by atoms with van der Waals surface area (Å²) in [5.41, 5.74) is -5.56. The average molecular weight is 722 g/mol. The maximum absolute atomic E-state index is 14.6. The van der Waals surface area contributed by atoms with E-state index < -0.39 is 103 Å². The predicted octanol–water partition coefficient (Wildman–Crippen LogP) is 10.9. The lowest BCUT2D eigenvalue weighted by molar-refractivity contribution is -0.399. The Morgan fingerprint density at radius 1 is 0.354 bits per heavy atom. The van der Waals surface area contributed by atoms with E-state index in [1.54, 1.807) is 0 Å². The third-order valence-electron chi connectivity index (χ3n) is 7.26. The largest absolute Gasteiger partial charge is 0.507 e. The van der Waals surface area contributed by atoms with Crippen LogP contribution in [0.25, 0.3) is 32.7 Å². The van der Waals surface area contributed by atoms with Crippen LogP contribution in [0.15, 0.2) is 60.7 Å². The zero-order valence-corrected chi connectivity index (χ0v) is 22.5. The highest BCUT2D eigenvalue weighted by atomic mass is 19.4. The lowest BCUT2D eigenvalue weighted by atomic mass is 9.88. The van der Waals surface area contributed by atoms with E-state index in [0.29, 0.717) is 36.4 Å². The first-order chi connectivity index (χ1) is 21.5. The lowest BCUT2D eigenvalue weighted by Gasteiger charge is -2.34. The molecule has 0 aliphatic heterocycles. The van der Waals surface area contributed by atoms with Crippen molar-refractivity contribution in [2.75, 3.05) is 0 Å². The van der Waals surface area contributed by atoms with Crippen LogP contribution in [0, 0.1) is 0 Å². The van der Waals surface area contributed by atoms with Crippen molar-refractivity contribution >= 4 is 21.5 Å². The number of halogens is 18. The minimum absolute atomic E-state index is 0.0163. The van der Waals surface area contributed by atoms with Crippen molar-refractivity contribution in [3.05, 3.63) is 71.8 Å². The van der Waals surface area contributed by atoms with Gasteiger partial charge in [-0.05, 0) is 45.8 Å². The summed E-state index contributed by atoms with van der Waals surface area (Å²) in [6, 6.07) is 3.32. The van der Waals surface area contributed by atoms with Gasteiger partial charge in [-0.3, -0.25) is 0 Å². The van der Waals surface area contributed by atoms with E-state index in [1.165, 1.54) is 0 Å². The molecule has 4 aromatic rings. The third-order valence-corrected chi connectivity index (χ3v) is 7.26. The highest BCUT2D eigenvalue weighted by Crippen LogP contribution is 2.59. The van der Waals surface area contributed by atoms with Crippen LogP contribution >= 0.6 is 0 Å². The minimum atomic E-state index is -7.24. The molecule has 4 rings (SSSR count). The van der Waals surface area contributed by atoms with Crippen molar-refractivity contribution < 1.29 is 89.2 Å². The quantitative estimate of drug-likeness (QED) is 0.187. The number of phenolic OH excluding ortho intramolecular Hbond substituents is 2. The fourth-order valence-electron chi connectivity index (χ4n) is 4.67. The number of rotatable bonds is 7. The summed E-state index contributed by atoms with van der Waals surface area (Å²) < 4.78 is 243. The monoisotopic (exact) mass is 722 g/mol. The molecule has 0 radical (unpaired) electrons. The molecule has 0 aromatic heterocycles. The van der Waals surface area contributed by atoms with Gasteiger partial charge in [-0.15, -0.1) is 0 Å². The summed E-state index contributed by atoms with van der Waals surface area (Å²) in [5, 5.41) is 18.6. The molecule has 0 heterocycles. The topological polar surface area (TPSA) is 40.5 Å². The van der Waals surface area contributed by atoms with Gasteiger partial charge in [0.25, 0.3) is 0 Å². The van der Waals surface area contributed by atoms with Crippen LogP contribution in [-0.4, -0.2) is 46.3 Å². The highest BCUT2D eigenvalue weighted by molar-refractivity contribution is 6.09. The van der Waals surface area contributed by atoms with Gasteiger partial charge in [0.15, 0.2) is 0 Å². The Kier molecular flexibility index (Phi) is 8.09. The molecule has 0 aliphatic rings. The van der Waals surface area contributed by atoms with Crippen molar-refractivity contribution in [2.24, 2.45) is 0 Å². The van der Waals surface area contributed by atoms with Gasteiger partial charge in [-0.1, -0.05) is 36.4 Å². The minimum Gasteiger partial charge on any atom is -0.507 e. The highest BCUT2D eigenvalue weighted by Gasteiger charge is 2.83. The number of hydrogen-bond donors (Lipinski definition) is 2. The Bertz CT molecular complexity index is 1750. The predicted molar refractivity (Wildman–Crippen MR) is 130 cm³/mol. The normalized spacial score (nSPS) is 14.6. The number of alkyl halides is 18. The number of benzene rings is 4. The van der Waals surface area contributed by atoms with Crippen LogP contribution in [0.2, 0.25) is 0 Å². The van der Waals surface area contributed by atoms with E-state index in [2.05, 4.69) is 0 Å². The van der Waals surface area contributed by atoms with Crippen molar-refractivity contribution in [3.63, 3.8) is 0 Å². The summed E-state index contributed by atoms with van der Waals surface area (Å²) in [6.07, 6.45) is -14.2. The van der Waals surface area contributed by atoms with E-state index in [0.717, 1.165) is 0 Å². The molecule has 0 saturated carbocycles. The van der Waals surface area contributed by atoms with E-state index in [1.807, 2.05) is 0 Å². The molecular weight excluding hydrogens is 710 g/mol. The standard InChI is InChI=1S/C28H12F18O2/c29-21(30,23(33,34)25(37,38)27(41,42)43)13-3-5-15-11(9-13)1-7-17(47)19(15)20-16-6-4-14(10-12(16)2-8-18(20)48)22(31,32)24(35,36)26(39,40)28(44,45)46/h1-10,47-48H. The van der Waals surface area contributed by atoms with Gasteiger partial charge in [0.2, 0.25) is 0 Å². The lowest BCUT2D eigenvalue weighted by Crippen LogP contribution is -2.59. The van der Waals surface area contributed by atoms with Gasteiger partial charge in [0.05, 0.1) is 0 Å². The van der Waals surface area contributed by atoms with Gasteiger partial charge >= 0.3 is 47.9 Å². The maximum Gasteiger partial charge on any atom is 0.460 e. The SMILES string of the molecule is Oc1ccc2cc(C(F)(F)C(F)(F)C(F)(F)C(F)(F)F)ccc2c1-c1c(O)ccc2cc(C(F)(F)C(F)(F)C(F)(F)C(F)(F)F)ccc12. The summed E-state index contributed by atoms with van der Waals surface area (Å²) in [5.74, 6) is -42.8. The fourth-order valence-corrected chi connectivity index (χ4v) is 4.67. The zero-order chi connectivity index (χ0) is 36.8. The summed E-state index contributed by atoms with van der Waals surface area (Å²) >= 11 is 0. The van der Waals surface area contributed by atoms with Gasteiger partial charge in [-0.25, -0.2) is 0 Å². The molecular formula is C28H12F18O2. The smallest absolute Gasteiger partial charge is 0.460 e. The molecule has 2 nitrogen and oxygen atoms in total. The Labute approximate surface area is 253 Å². The molecule has 0 unspecified atom stereocenters. The van der Waals surface area contributed by atoms with Crippen molar-refractivity contribution in [1.82, 2.24) is 0 Å². The van der Waals surface area contributed by atoms with E-state index in [4.69, 9.17) is 0 Å². The van der Waals surface area contributed by atoms with Gasteiger partial charge in [0.1, 0.15) is 11.5 Å². The Morgan fingerprint density at radius 3 is 0.917 bits per heavy atom. The molecule has 0 saturated heterocycles. The Hall–Kier alpha value is -4.26. The Balaban J connectivity index is 1.92. The van der Waals surface area contributed by atoms with Gasteiger partial charge in [0, 0.05) is 22.3 Å². The first-order valence-corrected chi connectivity index (χ1v) is 12.4. The number of aromatic hydroxyl groups is 2. The first kappa shape index (κ1) is 36.6.